The summed E-state index contributed by atoms with van der Waals surface area (Å²) in [5.74, 6) is -0.305. The highest BCUT2D eigenvalue weighted by Crippen LogP contribution is 2.32. The molecule has 2 aromatic carbocycles. The zero-order valence-electron chi connectivity index (χ0n) is 9.24. The van der Waals surface area contributed by atoms with Gasteiger partial charge in [0.15, 0.2) is 11.6 Å². The lowest BCUT2D eigenvalue weighted by atomic mass is 9.84. The molecule has 0 fully saturated rings. The molecular weight excluding hydrogens is 294 g/mol. The minimum Gasteiger partial charge on any atom is -0.399 e. The summed E-state index contributed by atoms with van der Waals surface area (Å²) in [7, 11) is 0. The van der Waals surface area contributed by atoms with E-state index in [1.54, 1.807) is 36.4 Å². The maximum atomic E-state index is 12.4. The van der Waals surface area contributed by atoms with Gasteiger partial charge in [-0.2, -0.15) is 0 Å². The van der Waals surface area contributed by atoms with E-state index in [9.17, 15) is 9.59 Å². The summed E-state index contributed by atoms with van der Waals surface area (Å²) in [4.78, 5) is 24.7. The molecule has 18 heavy (non-hydrogen) atoms. The minimum atomic E-state index is -0.159. The normalized spacial score (nSPS) is 13.2. The molecule has 0 spiro atoms. The fourth-order valence-corrected chi connectivity index (χ4v) is 2.72. The second-order valence-electron chi connectivity index (χ2n) is 4.13. The molecule has 1 aliphatic carbocycles. The van der Waals surface area contributed by atoms with Crippen LogP contribution in [-0.2, 0) is 0 Å². The van der Waals surface area contributed by atoms with Crippen LogP contribution in [0.2, 0.25) is 0 Å². The van der Waals surface area contributed by atoms with Crippen molar-refractivity contribution >= 4 is 33.2 Å². The van der Waals surface area contributed by atoms with Crippen molar-refractivity contribution in [2.45, 2.75) is 0 Å². The summed E-state index contributed by atoms with van der Waals surface area (Å²) in [6, 6.07) is 9.95. The van der Waals surface area contributed by atoms with E-state index in [-0.39, 0.29) is 11.6 Å². The highest BCUT2D eigenvalue weighted by Gasteiger charge is 2.30. The van der Waals surface area contributed by atoms with Crippen molar-refractivity contribution in [3.63, 3.8) is 0 Å². The van der Waals surface area contributed by atoms with E-state index in [1.165, 1.54) is 0 Å². The summed E-state index contributed by atoms with van der Waals surface area (Å²) in [6.45, 7) is 0. The fourth-order valence-electron chi connectivity index (χ4n) is 2.17. The Morgan fingerprint density at radius 3 is 2.44 bits per heavy atom. The summed E-state index contributed by atoms with van der Waals surface area (Å²) < 4.78 is 0.640. The van der Waals surface area contributed by atoms with E-state index in [0.717, 1.165) is 0 Å². The highest BCUT2D eigenvalue weighted by atomic mass is 79.9. The largest absolute Gasteiger partial charge is 0.399 e. The highest BCUT2D eigenvalue weighted by molar-refractivity contribution is 9.10. The van der Waals surface area contributed by atoms with Crippen LogP contribution in [0.4, 0.5) is 5.69 Å². The lowest BCUT2D eigenvalue weighted by Gasteiger charge is -2.18. The van der Waals surface area contributed by atoms with Gasteiger partial charge in [0.2, 0.25) is 0 Å². The average Bonchev–Trinajstić information content (AvgIpc) is 2.35. The smallest absolute Gasteiger partial charge is 0.195 e. The maximum Gasteiger partial charge on any atom is 0.195 e. The molecule has 1 aliphatic rings. The van der Waals surface area contributed by atoms with Crippen molar-refractivity contribution < 1.29 is 9.59 Å². The zero-order chi connectivity index (χ0) is 12.9. The van der Waals surface area contributed by atoms with Gasteiger partial charge in [-0.05, 0) is 24.3 Å². The number of carbonyl (C=O) groups excluding carboxylic acids is 2. The van der Waals surface area contributed by atoms with Crippen molar-refractivity contribution in [3.05, 3.63) is 63.1 Å². The Morgan fingerprint density at radius 1 is 0.889 bits per heavy atom. The van der Waals surface area contributed by atoms with E-state index in [2.05, 4.69) is 15.9 Å². The molecule has 4 heteroatoms. The number of nitrogens with two attached hydrogens (primary N) is 1. The van der Waals surface area contributed by atoms with Gasteiger partial charge < -0.3 is 5.73 Å². The molecule has 0 amide bonds. The first-order valence-electron chi connectivity index (χ1n) is 5.37. The molecule has 88 valence electrons. The molecule has 0 unspecified atom stereocenters. The first-order valence-corrected chi connectivity index (χ1v) is 6.16. The molecule has 0 radical (unpaired) electrons. The standard InChI is InChI=1S/C14H8BrNO2/c15-11-3-1-2-9-12(11)14(18)8-5-4-7(16)6-10(8)13(9)17/h1-6H,16H2. The summed E-state index contributed by atoms with van der Waals surface area (Å²) in [5, 5.41) is 0. The zero-order valence-corrected chi connectivity index (χ0v) is 10.8. The molecule has 2 N–H and O–H groups in total. The van der Waals surface area contributed by atoms with Crippen molar-refractivity contribution in [1.82, 2.24) is 0 Å². The molecule has 0 bridgehead atoms. The molecule has 3 rings (SSSR count). The Kier molecular flexibility index (Phi) is 2.35. The Bertz CT molecular complexity index is 703. The van der Waals surface area contributed by atoms with Gasteiger partial charge in [0.1, 0.15) is 0 Å². The number of fused-ring (bicyclic) bond motifs is 2. The SMILES string of the molecule is Nc1ccc2c(c1)C(=O)c1cccc(Br)c1C2=O. The predicted molar refractivity (Wildman–Crippen MR) is 71.9 cm³/mol. The van der Waals surface area contributed by atoms with Crippen LogP contribution in [0.25, 0.3) is 0 Å². The Hall–Kier alpha value is -1.94. The monoisotopic (exact) mass is 301 g/mol. The van der Waals surface area contributed by atoms with Crippen LogP contribution in [0, 0.1) is 0 Å². The minimum absolute atomic E-state index is 0.146. The van der Waals surface area contributed by atoms with Gasteiger partial charge in [-0.25, -0.2) is 0 Å². The third-order valence-corrected chi connectivity index (χ3v) is 3.68. The van der Waals surface area contributed by atoms with Crippen LogP contribution in [0.5, 0.6) is 0 Å². The second kappa shape index (κ2) is 3.78. The third-order valence-electron chi connectivity index (χ3n) is 3.02. The third kappa shape index (κ3) is 1.42. The number of nitrogen functional groups attached to an aromatic ring is 1. The van der Waals surface area contributed by atoms with Crippen LogP contribution in [0.15, 0.2) is 40.9 Å². The topological polar surface area (TPSA) is 60.2 Å². The van der Waals surface area contributed by atoms with Crippen LogP contribution in [0.1, 0.15) is 31.8 Å². The quantitative estimate of drug-likeness (QED) is 0.650. The number of anilines is 1. The average molecular weight is 302 g/mol. The molecular formula is C14H8BrNO2. The van der Waals surface area contributed by atoms with Crippen LogP contribution in [0.3, 0.4) is 0 Å². The van der Waals surface area contributed by atoms with Gasteiger partial charge in [0.05, 0.1) is 0 Å². The Morgan fingerprint density at radius 2 is 1.67 bits per heavy atom. The maximum absolute atomic E-state index is 12.4. The van der Waals surface area contributed by atoms with E-state index in [0.29, 0.717) is 32.4 Å². The van der Waals surface area contributed by atoms with Gasteiger partial charge in [-0.1, -0.05) is 28.1 Å². The lowest BCUT2D eigenvalue weighted by molar-refractivity contribution is 0.0978. The number of carbonyl (C=O) groups is 2. The molecule has 2 aromatic rings. The van der Waals surface area contributed by atoms with E-state index in [4.69, 9.17) is 5.73 Å². The molecule has 3 nitrogen and oxygen atoms in total. The van der Waals surface area contributed by atoms with E-state index in [1.807, 2.05) is 0 Å². The predicted octanol–water partition coefficient (Wildman–Crippen LogP) is 2.81. The Balaban J connectivity index is 2.35. The number of rotatable bonds is 0. The first-order chi connectivity index (χ1) is 8.59. The van der Waals surface area contributed by atoms with Gasteiger partial charge in [-0.15, -0.1) is 0 Å². The van der Waals surface area contributed by atoms with E-state index < -0.39 is 0 Å². The van der Waals surface area contributed by atoms with Gasteiger partial charge in [0.25, 0.3) is 0 Å². The van der Waals surface area contributed by atoms with Gasteiger partial charge in [0, 0.05) is 32.4 Å². The molecule has 0 saturated carbocycles. The van der Waals surface area contributed by atoms with E-state index >= 15 is 0 Å². The summed E-state index contributed by atoms with van der Waals surface area (Å²) in [5.41, 5.74) is 7.79. The van der Waals surface area contributed by atoms with Gasteiger partial charge >= 0.3 is 0 Å². The number of hydrogen-bond acceptors (Lipinski definition) is 3. The van der Waals surface area contributed by atoms with Crippen molar-refractivity contribution in [3.8, 4) is 0 Å². The summed E-state index contributed by atoms with van der Waals surface area (Å²) >= 11 is 3.32. The van der Waals surface area contributed by atoms with Crippen molar-refractivity contribution in [1.29, 1.82) is 0 Å². The fraction of sp³-hybridized carbons (Fsp3) is 0. The molecule has 0 saturated heterocycles. The summed E-state index contributed by atoms with van der Waals surface area (Å²) in [6.07, 6.45) is 0. The number of halogens is 1. The number of ketones is 2. The van der Waals surface area contributed by atoms with Crippen molar-refractivity contribution in [2.75, 3.05) is 5.73 Å². The number of benzene rings is 2. The Labute approximate surface area is 112 Å². The number of hydrogen-bond donors (Lipinski definition) is 1. The second-order valence-corrected chi connectivity index (χ2v) is 4.98. The van der Waals surface area contributed by atoms with Crippen molar-refractivity contribution in [2.24, 2.45) is 0 Å². The first kappa shape index (κ1) is 11.2. The van der Waals surface area contributed by atoms with Crippen LogP contribution < -0.4 is 5.73 Å². The van der Waals surface area contributed by atoms with Crippen LogP contribution >= 0.6 is 15.9 Å². The molecule has 0 aliphatic heterocycles. The van der Waals surface area contributed by atoms with Crippen LogP contribution in [-0.4, -0.2) is 11.6 Å². The molecule has 0 aromatic heterocycles. The molecule has 0 heterocycles. The van der Waals surface area contributed by atoms with Gasteiger partial charge in [-0.3, -0.25) is 9.59 Å². The molecule has 0 atom stereocenters. The lowest BCUT2D eigenvalue weighted by Crippen LogP contribution is -2.21.